The third-order valence-corrected chi connectivity index (χ3v) is 2.07. The minimum atomic E-state index is -0.109. The smallest absolute Gasteiger partial charge is 0.0948 e. The predicted molar refractivity (Wildman–Crippen MR) is 56.0 cm³/mol. The molecule has 0 heterocycles. The molecule has 1 aromatic rings. The molecular weight excluding hydrogens is 178 g/mol. The molecule has 1 atom stereocenters. The fraction of sp³-hybridized carbons (Fsp3) is 0.455. The summed E-state index contributed by atoms with van der Waals surface area (Å²) in [5, 5.41) is 8.64. The molecular formula is C11H17NO2. The van der Waals surface area contributed by atoms with Gasteiger partial charge in [-0.1, -0.05) is 29.8 Å². The molecule has 0 fully saturated rings. The van der Waals surface area contributed by atoms with Crippen LogP contribution in [0.25, 0.3) is 0 Å². The number of ether oxygens (including phenoxy) is 1. The SMILES string of the molecule is Cc1ccc(C(CN)OCCO)cc1. The number of benzene rings is 1. The Kier molecular flexibility index (Phi) is 4.59. The van der Waals surface area contributed by atoms with Gasteiger partial charge in [0.1, 0.15) is 0 Å². The fourth-order valence-electron chi connectivity index (χ4n) is 1.28. The number of hydrogen-bond donors (Lipinski definition) is 2. The van der Waals surface area contributed by atoms with E-state index in [0.29, 0.717) is 13.2 Å². The number of aliphatic hydroxyl groups is 1. The lowest BCUT2D eigenvalue weighted by Gasteiger charge is -2.15. The molecule has 1 aromatic carbocycles. The van der Waals surface area contributed by atoms with Crippen molar-refractivity contribution in [3.63, 3.8) is 0 Å². The summed E-state index contributed by atoms with van der Waals surface area (Å²) in [4.78, 5) is 0. The minimum absolute atomic E-state index is 0.0301. The van der Waals surface area contributed by atoms with Crippen LogP contribution in [-0.4, -0.2) is 24.9 Å². The molecule has 3 heteroatoms. The van der Waals surface area contributed by atoms with Gasteiger partial charge in [0.15, 0.2) is 0 Å². The van der Waals surface area contributed by atoms with Crippen LogP contribution in [0.5, 0.6) is 0 Å². The Morgan fingerprint density at radius 2 is 2.00 bits per heavy atom. The molecule has 1 unspecified atom stereocenters. The standard InChI is InChI=1S/C11H17NO2/c1-9-2-4-10(5-3-9)11(8-12)14-7-6-13/h2-5,11,13H,6-8,12H2,1H3. The van der Waals surface area contributed by atoms with Crippen molar-refractivity contribution >= 4 is 0 Å². The van der Waals surface area contributed by atoms with Crippen LogP contribution < -0.4 is 5.73 Å². The zero-order chi connectivity index (χ0) is 10.4. The summed E-state index contributed by atoms with van der Waals surface area (Å²) in [6.45, 7) is 2.83. The van der Waals surface area contributed by atoms with Gasteiger partial charge >= 0.3 is 0 Å². The summed E-state index contributed by atoms with van der Waals surface area (Å²) >= 11 is 0. The van der Waals surface area contributed by atoms with E-state index in [-0.39, 0.29) is 12.7 Å². The quantitative estimate of drug-likeness (QED) is 0.737. The van der Waals surface area contributed by atoms with Crippen molar-refractivity contribution in [3.8, 4) is 0 Å². The molecule has 0 amide bonds. The van der Waals surface area contributed by atoms with E-state index in [4.69, 9.17) is 15.6 Å². The van der Waals surface area contributed by atoms with Crippen molar-refractivity contribution in [1.82, 2.24) is 0 Å². The van der Waals surface area contributed by atoms with Crippen molar-refractivity contribution < 1.29 is 9.84 Å². The molecule has 0 aliphatic rings. The predicted octanol–water partition coefficient (Wildman–Crippen LogP) is 1.00. The van der Waals surface area contributed by atoms with Crippen LogP contribution in [0.4, 0.5) is 0 Å². The van der Waals surface area contributed by atoms with Crippen LogP contribution in [0.15, 0.2) is 24.3 Å². The third kappa shape index (κ3) is 3.10. The first-order valence-electron chi connectivity index (χ1n) is 4.77. The van der Waals surface area contributed by atoms with E-state index in [1.807, 2.05) is 31.2 Å². The van der Waals surface area contributed by atoms with Crippen LogP contribution in [0, 0.1) is 6.92 Å². The van der Waals surface area contributed by atoms with E-state index >= 15 is 0 Å². The largest absolute Gasteiger partial charge is 0.394 e. The molecule has 0 aliphatic heterocycles. The van der Waals surface area contributed by atoms with Crippen LogP contribution in [0.3, 0.4) is 0 Å². The molecule has 0 radical (unpaired) electrons. The van der Waals surface area contributed by atoms with E-state index in [1.165, 1.54) is 5.56 Å². The van der Waals surface area contributed by atoms with Gasteiger partial charge in [-0.15, -0.1) is 0 Å². The second kappa shape index (κ2) is 5.75. The van der Waals surface area contributed by atoms with Crippen LogP contribution >= 0.6 is 0 Å². The lowest BCUT2D eigenvalue weighted by atomic mass is 10.1. The van der Waals surface area contributed by atoms with Crippen molar-refractivity contribution in [1.29, 1.82) is 0 Å². The molecule has 3 N–H and O–H groups in total. The average Bonchev–Trinajstić information content (AvgIpc) is 2.21. The van der Waals surface area contributed by atoms with Crippen LogP contribution in [0.1, 0.15) is 17.2 Å². The highest BCUT2D eigenvalue weighted by Gasteiger charge is 2.08. The lowest BCUT2D eigenvalue weighted by Crippen LogP contribution is -2.17. The Morgan fingerprint density at radius 3 is 2.50 bits per heavy atom. The third-order valence-electron chi connectivity index (χ3n) is 2.07. The van der Waals surface area contributed by atoms with E-state index in [9.17, 15) is 0 Å². The summed E-state index contributed by atoms with van der Waals surface area (Å²) in [6, 6.07) is 8.06. The molecule has 78 valence electrons. The molecule has 0 bridgehead atoms. The molecule has 3 nitrogen and oxygen atoms in total. The van der Waals surface area contributed by atoms with Gasteiger partial charge in [0.05, 0.1) is 19.3 Å². The van der Waals surface area contributed by atoms with Crippen molar-refractivity contribution in [3.05, 3.63) is 35.4 Å². The Bertz CT molecular complexity index is 258. The number of aliphatic hydroxyl groups excluding tert-OH is 1. The Hall–Kier alpha value is -0.900. The minimum Gasteiger partial charge on any atom is -0.394 e. The number of aryl methyl sites for hydroxylation is 1. The average molecular weight is 195 g/mol. The molecule has 0 spiro atoms. The van der Waals surface area contributed by atoms with Crippen LogP contribution in [-0.2, 0) is 4.74 Å². The van der Waals surface area contributed by atoms with Gasteiger partial charge in [-0.05, 0) is 12.5 Å². The second-order valence-corrected chi connectivity index (χ2v) is 3.23. The van der Waals surface area contributed by atoms with Gasteiger partial charge < -0.3 is 15.6 Å². The zero-order valence-electron chi connectivity index (χ0n) is 8.44. The summed E-state index contributed by atoms with van der Waals surface area (Å²) in [5.74, 6) is 0. The zero-order valence-corrected chi connectivity index (χ0v) is 8.44. The number of nitrogens with two attached hydrogens (primary N) is 1. The normalized spacial score (nSPS) is 12.8. The summed E-state index contributed by atoms with van der Waals surface area (Å²) in [5.41, 5.74) is 7.85. The van der Waals surface area contributed by atoms with Crippen molar-refractivity contribution in [2.75, 3.05) is 19.8 Å². The van der Waals surface area contributed by atoms with E-state index in [2.05, 4.69) is 0 Å². The molecule has 0 aliphatic carbocycles. The van der Waals surface area contributed by atoms with Crippen molar-refractivity contribution in [2.45, 2.75) is 13.0 Å². The number of hydrogen-bond acceptors (Lipinski definition) is 3. The molecule has 0 saturated carbocycles. The maximum Gasteiger partial charge on any atom is 0.0948 e. The van der Waals surface area contributed by atoms with E-state index in [0.717, 1.165) is 5.56 Å². The van der Waals surface area contributed by atoms with Gasteiger partial charge in [0, 0.05) is 6.54 Å². The highest BCUT2D eigenvalue weighted by atomic mass is 16.5. The van der Waals surface area contributed by atoms with E-state index < -0.39 is 0 Å². The highest BCUT2D eigenvalue weighted by Crippen LogP contribution is 2.16. The van der Waals surface area contributed by atoms with Crippen LogP contribution in [0.2, 0.25) is 0 Å². The Morgan fingerprint density at radius 1 is 1.36 bits per heavy atom. The summed E-state index contributed by atoms with van der Waals surface area (Å²) in [6.07, 6.45) is -0.109. The summed E-state index contributed by atoms with van der Waals surface area (Å²) in [7, 11) is 0. The topological polar surface area (TPSA) is 55.5 Å². The number of rotatable bonds is 5. The highest BCUT2D eigenvalue weighted by molar-refractivity contribution is 5.23. The first kappa shape index (κ1) is 11.2. The lowest BCUT2D eigenvalue weighted by molar-refractivity contribution is 0.0329. The van der Waals surface area contributed by atoms with Gasteiger partial charge in [-0.25, -0.2) is 0 Å². The maximum absolute atomic E-state index is 8.64. The van der Waals surface area contributed by atoms with Gasteiger partial charge in [-0.2, -0.15) is 0 Å². The second-order valence-electron chi connectivity index (χ2n) is 3.23. The molecule has 1 rings (SSSR count). The first-order valence-corrected chi connectivity index (χ1v) is 4.77. The Balaban J connectivity index is 2.64. The molecule has 0 saturated heterocycles. The van der Waals surface area contributed by atoms with Gasteiger partial charge in [0.25, 0.3) is 0 Å². The summed E-state index contributed by atoms with van der Waals surface area (Å²) < 4.78 is 5.39. The monoisotopic (exact) mass is 195 g/mol. The van der Waals surface area contributed by atoms with Gasteiger partial charge in [-0.3, -0.25) is 0 Å². The van der Waals surface area contributed by atoms with Crippen molar-refractivity contribution in [2.24, 2.45) is 5.73 Å². The fourth-order valence-corrected chi connectivity index (χ4v) is 1.28. The first-order chi connectivity index (χ1) is 6.77. The maximum atomic E-state index is 8.64. The molecule has 0 aromatic heterocycles. The van der Waals surface area contributed by atoms with E-state index in [1.54, 1.807) is 0 Å². The Labute approximate surface area is 84.5 Å². The van der Waals surface area contributed by atoms with Gasteiger partial charge in [0.2, 0.25) is 0 Å². The molecule has 14 heavy (non-hydrogen) atoms.